The maximum Gasteiger partial charge on any atom is 0.227 e. The van der Waals surface area contributed by atoms with Crippen molar-refractivity contribution in [1.29, 1.82) is 0 Å². The maximum absolute atomic E-state index is 13.1. The van der Waals surface area contributed by atoms with Crippen LogP contribution >= 0.6 is 11.3 Å². The smallest absolute Gasteiger partial charge is 0.227 e. The summed E-state index contributed by atoms with van der Waals surface area (Å²) < 4.78 is 13.1. The molecule has 7 heteroatoms. The molecule has 0 aliphatic carbocycles. The number of thiazole rings is 1. The SMILES string of the molecule is Nc1ncc(CN2CCC(C(=O)Nc3cccc(F)c3)CC2)s1. The summed E-state index contributed by atoms with van der Waals surface area (Å²) >= 11 is 1.50. The number of piperidine rings is 1. The van der Waals surface area contributed by atoms with Gasteiger partial charge in [0.1, 0.15) is 5.82 Å². The molecule has 1 saturated heterocycles. The van der Waals surface area contributed by atoms with Gasteiger partial charge in [-0.25, -0.2) is 9.37 Å². The van der Waals surface area contributed by atoms with E-state index >= 15 is 0 Å². The number of amides is 1. The van der Waals surface area contributed by atoms with Gasteiger partial charge in [0.2, 0.25) is 5.91 Å². The molecular weight excluding hydrogens is 315 g/mol. The first-order valence-electron chi connectivity index (χ1n) is 7.59. The van der Waals surface area contributed by atoms with Crippen LogP contribution in [0.25, 0.3) is 0 Å². The number of hydrogen-bond donors (Lipinski definition) is 2. The number of nitrogens with two attached hydrogens (primary N) is 1. The van der Waals surface area contributed by atoms with Crippen LogP contribution in [-0.4, -0.2) is 28.9 Å². The summed E-state index contributed by atoms with van der Waals surface area (Å²) in [7, 11) is 0. The van der Waals surface area contributed by atoms with Crippen molar-refractivity contribution in [2.75, 3.05) is 24.1 Å². The summed E-state index contributed by atoms with van der Waals surface area (Å²) in [6.45, 7) is 2.55. The van der Waals surface area contributed by atoms with Gasteiger partial charge in [0.25, 0.3) is 0 Å². The van der Waals surface area contributed by atoms with E-state index in [2.05, 4.69) is 15.2 Å². The van der Waals surface area contributed by atoms with Gasteiger partial charge < -0.3 is 11.1 Å². The van der Waals surface area contributed by atoms with Crippen LogP contribution in [-0.2, 0) is 11.3 Å². The molecular formula is C16H19FN4OS. The van der Waals surface area contributed by atoms with Gasteiger partial charge in [0.15, 0.2) is 5.13 Å². The third kappa shape index (κ3) is 4.27. The number of likely N-dealkylation sites (tertiary alicyclic amines) is 1. The summed E-state index contributed by atoms with van der Waals surface area (Å²) in [5.41, 5.74) is 6.15. The van der Waals surface area contributed by atoms with Crippen LogP contribution in [0.15, 0.2) is 30.5 Å². The Balaban J connectivity index is 1.49. The van der Waals surface area contributed by atoms with Crippen molar-refractivity contribution < 1.29 is 9.18 Å². The number of aromatic nitrogens is 1. The fraction of sp³-hybridized carbons (Fsp3) is 0.375. The minimum absolute atomic E-state index is 0.0268. The molecule has 0 radical (unpaired) electrons. The highest BCUT2D eigenvalue weighted by Crippen LogP contribution is 2.23. The maximum atomic E-state index is 13.1. The van der Waals surface area contributed by atoms with Crippen molar-refractivity contribution >= 4 is 28.1 Å². The predicted octanol–water partition coefficient (Wildman–Crippen LogP) is 2.72. The molecule has 1 aromatic carbocycles. The monoisotopic (exact) mass is 334 g/mol. The molecule has 1 aliphatic heterocycles. The second-order valence-electron chi connectivity index (χ2n) is 5.71. The Kier molecular flexibility index (Phi) is 4.88. The number of halogens is 1. The standard InChI is InChI=1S/C16H19FN4OS/c17-12-2-1-3-13(8-12)20-15(22)11-4-6-21(7-5-11)10-14-9-19-16(18)23-14/h1-3,8-9,11H,4-7,10H2,(H2,18,19)(H,20,22). The van der Waals surface area contributed by atoms with Gasteiger partial charge in [-0.3, -0.25) is 9.69 Å². The third-order valence-electron chi connectivity index (χ3n) is 4.00. The van der Waals surface area contributed by atoms with Crippen LogP contribution in [0.3, 0.4) is 0 Å². The Hall–Kier alpha value is -1.99. The number of carbonyl (C=O) groups is 1. The Morgan fingerprint density at radius 1 is 1.43 bits per heavy atom. The minimum atomic E-state index is -0.346. The lowest BCUT2D eigenvalue weighted by molar-refractivity contribution is -0.121. The molecule has 0 unspecified atom stereocenters. The average molecular weight is 334 g/mol. The highest BCUT2D eigenvalue weighted by Gasteiger charge is 2.25. The fourth-order valence-electron chi connectivity index (χ4n) is 2.78. The molecule has 1 aliphatic rings. The van der Waals surface area contributed by atoms with Gasteiger partial charge >= 0.3 is 0 Å². The van der Waals surface area contributed by atoms with E-state index < -0.39 is 0 Å². The Morgan fingerprint density at radius 3 is 2.87 bits per heavy atom. The van der Waals surface area contributed by atoms with Crippen molar-refractivity contribution in [1.82, 2.24) is 9.88 Å². The zero-order valence-electron chi connectivity index (χ0n) is 12.7. The number of rotatable bonds is 4. The van der Waals surface area contributed by atoms with E-state index in [0.29, 0.717) is 10.8 Å². The van der Waals surface area contributed by atoms with E-state index in [0.717, 1.165) is 37.4 Å². The summed E-state index contributed by atoms with van der Waals surface area (Å²) in [6, 6.07) is 5.99. The quantitative estimate of drug-likeness (QED) is 0.902. The first-order valence-corrected chi connectivity index (χ1v) is 8.41. The van der Waals surface area contributed by atoms with Crippen molar-refractivity contribution in [2.24, 2.45) is 5.92 Å². The second kappa shape index (κ2) is 7.06. The molecule has 23 heavy (non-hydrogen) atoms. The highest BCUT2D eigenvalue weighted by atomic mass is 32.1. The number of nitrogens with one attached hydrogen (secondary N) is 1. The van der Waals surface area contributed by atoms with Gasteiger partial charge in [-0.1, -0.05) is 6.07 Å². The summed E-state index contributed by atoms with van der Waals surface area (Å²) in [5, 5.41) is 3.39. The number of hydrogen-bond acceptors (Lipinski definition) is 5. The number of nitrogens with zero attached hydrogens (tertiary/aromatic N) is 2. The van der Waals surface area contributed by atoms with E-state index in [9.17, 15) is 9.18 Å². The van der Waals surface area contributed by atoms with Crippen LogP contribution in [0, 0.1) is 11.7 Å². The molecule has 2 aromatic rings. The van der Waals surface area contributed by atoms with Crippen molar-refractivity contribution in [3.63, 3.8) is 0 Å². The lowest BCUT2D eigenvalue weighted by Gasteiger charge is -2.30. The lowest BCUT2D eigenvalue weighted by atomic mass is 9.96. The van der Waals surface area contributed by atoms with E-state index in [-0.39, 0.29) is 17.6 Å². The number of benzene rings is 1. The van der Waals surface area contributed by atoms with E-state index in [1.165, 1.54) is 23.5 Å². The molecule has 1 aromatic heterocycles. The molecule has 0 atom stereocenters. The summed E-state index contributed by atoms with van der Waals surface area (Å²) in [6.07, 6.45) is 3.41. The first kappa shape index (κ1) is 15.9. The van der Waals surface area contributed by atoms with E-state index in [1.54, 1.807) is 12.1 Å². The first-order chi connectivity index (χ1) is 11.1. The molecule has 1 fully saturated rings. The number of nitrogen functional groups attached to an aromatic ring is 1. The minimum Gasteiger partial charge on any atom is -0.375 e. The molecule has 5 nitrogen and oxygen atoms in total. The average Bonchev–Trinajstić information content (AvgIpc) is 2.93. The van der Waals surface area contributed by atoms with Crippen molar-refractivity contribution in [3.05, 3.63) is 41.2 Å². The van der Waals surface area contributed by atoms with Crippen LogP contribution in [0.1, 0.15) is 17.7 Å². The largest absolute Gasteiger partial charge is 0.375 e. The molecule has 0 saturated carbocycles. The number of carbonyl (C=O) groups excluding carboxylic acids is 1. The molecule has 3 N–H and O–H groups in total. The topological polar surface area (TPSA) is 71.2 Å². The highest BCUT2D eigenvalue weighted by molar-refractivity contribution is 7.15. The number of anilines is 2. The molecule has 0 spiro atoms. The molecule has 2 heterocycles. The third-order valence-corrected chi connectivity index (χ3v) is 4.81. The van der Waals surface area contributed by atoms with E-state index in [1.807, 2.05) is 6.20 Å². The molecule has 1 amide bonds. The van der Waals surface area contributed by atoms with Gasteiger partial charge in [0, 0.05) is 29.2 Å². The van der Waals surface area contributed by atoms with Gasteiger partial charge in [-0.15, -0.1) is 11.3 Å². The van der Waals surface area contributed by atoms with Gasteiger partial charge in [-0.05, 0) is 44.1 Å². The molecule has 122 valence electrons. The zero-order valence-corrected chi connectivity index (χ0v) is 13.5. The lowest BCUT2D eigenvalue weighted by Crippen LogP contribution is -2.37. The van der Waals surface area contributed by atoms with Crippen LogP contribution in [0.2, 0.25) is 0 Å². The Morgan fingerprint density at radius 2 is 2.22 bits per heavy atom. The Bertz CT molecular complexity index is 682. The van der Waals surface area contributed by atoms with E-state index in [4.69, 9.17) is 5.73 Å². The second-order valence-corrected chi connectivity index (χ2v) is 6.86. The van der Waals surface area contributed by atoms with Crippen LogP contribution in [0.5, 0.6) is 0 Å². The van der Waals surface area contributed by atoms with Gasteiger partial charge in [-0.2, -0.15) is 0 Å². The van der Waals surface area contributed by atoms with Crippen LogP contribution in [0.4, 0.5) is 15.2 Å². The van der Waals surface area contributed by atoms with Crippen molar-refractivity contribution in [2.45, 2.75) is 19.4 Å². The molecule has 0 bridgehead atoms. The zero-order chi connectivity index (χ0) is 16.2. The summed E-state index contributed by atoms with van der Waals surface area (Å²) in [5.74, 6) is -0.403. The Labute approximate surface area is 138 Å². The summed E-state index contributed by atoms with van der Waals surface area (Å²) in [4.78, 5) is 19.8. The van der Waals surface area contributed by atoms with Crippen LogP contribution < -0.4 is 11.1 Å². The van der Waals surface area contributed by atoms with Gasteiger partial charge in [0.05, 0.1) is 0 Å². The normalized spacial score (nSPS) is 16.4. The fourth-order valence-corrected chi connectivity index (χ4v) is 3.51. The predicted molar refractivity (Wildman–Crippen MR) is 89.6 cm³/mol. The molecule has 3 rings (SSSR count). The van der Waals surface area contributed by atoms with Crippen molar-refractivity contribution in [3.8, 4) is 0 Å².